The quantitative estimate of drug-likeness (QED) is 0.625. The van der Waals surface area contributed by atoms with Gasteiger partial charge in [0.15, 0.2) is 0 Å². The second kappa shape index (κ2) is 4.39. The predicted octanol–water partition coefficient (Wildman–Crippen LogP) is 2.85. The van der Waals surface area contributed by atoms with Gasteiger partial charge in [-0.25, -0.2) is 0 Å². The summed E-state index contributed by atoms with van der Waals surface area (Å²) in [6, 6.07) is -1.14. The molecule has 1 aliphatic carbocycles. The van der Waals surface area contributed by atoms with Crippen LogP contribution in [0.1, 0.15) is 13.3 Å². The Hall–Kier alpha value is -0.210. The van der Waals surface area contributed by atoms with Crippen molar-refractivity contribution in [3.05, 3.63) is 0 Å². The maximum absolute atomic E-state index is 13.0. The number of ether oxygens (including phenoxy) is 1. The molecule has 1 aliphatic heterocycles. The monoisotopic (exact) mass is 311 g/mol. The first-order valence-electron chi connectivity index (χ1n) is 5.73. The first kappa shape index (κ1) is 15.2. The molecule has 1 heterocycles. The standard InChI is InChI=1S/C10H12ClF6NO/c1-2-19-5-3-4-6(11)7(5)18-8(4,9(12,13)14)10(15,16)17/h4-7,18H,2-3H2,1H3/t4-,5-,6?,7+/m1/s1. The van der Waals surface area contributed by atoms with Crippen molar-refractivity contribution in [2.45, 2.75) is 48.8 Å². The Morgan fingerprint density at radius 2 is 1.74 bits per heavy atom. The average molecular weight is 312 g/mol. The molecule has 2 nitrogen and oxygen atoms in total. The zero-order valence-electron chi connectivity index (χ0n) is 9.78. The molecule has 1 unspecified atom stereocenters. The molecule has 0 aromatic rings. The molecule has 19 heavy (non-hydrogen) atoms. The largest absolute Gasteiger partial charge is 0.415 e. The molecule has 112 valence electrons. The number of hydrogen-bond acceptors (Lipinski definition) is 2. The lowest BCUT2D eigenvalue weighted by atomic mass is 9.82. The van der Waals surface area contributed by atoms with E-state index in [1.807, 2.05) is 0 Å². The van der Waals surface area contributed by atoms with Crippen LogP contribution < -0.4 is 5.32 Å². The van der Waals surface area contributed by atoms with Crippen LogP contribution in [-0.2, 0) is 4.74 Å². The third-order valence-electron chi connectivity index (χ3n) is 3.84. The van der Waals surface area contributed by atoms with Crippen molar-refractivity contribution in [1.82, 2.24) is 5.32 Å². The van der Waals surface area contributed by atoms with Gasteiger partial charge in [0.25, 0.3) is 0 Å². The Bertz CT molecular complexity index is 343. The highest BCUT2D eigenvalue weighted by atomic mass is 35.5. The van der Waals surface area contributed by atoms with Crippen LogP contribution in [0.25, 0.3) is 0 Å². The fourth-order valence-corrected chi connectivity index (χ4v) is 3.59. The van der Waals surface area contributed by atoms with Gasteiger partial charge in [-0.1, -0.05) is 0 Å². The average Bonchev–Trinajstić information content (AvgIpc) is 2.68. The number of hydrogen-bond donors (Lipinski definition) is 1. The van der Waals surface area contributed by atoms with E-state index in [0.717, 1.165) is 0 Å². The van der Waals surface area contributed by atoms with Crippen LogP contribution in [0.5, 0.6) is 0 Å². The Balaban J connectivity index is 2.37. The van der Waals surface area contributed by atoms with E-state index in [-0.39, 0.29) is 13.0 Å². The van der Waals surface area contributed by atoms with Gasteiger partial charge < -0.3 is 4.74 Å². The van der Waals surface area contributed by atoms with Crippen LogP contribution in [0.4, 0.5) is 26.3 Å². The van der Waals surface area contributed by atoms with Crippen molar-refractivity contribution < 1.29 is 31.1 Å². The molecule has 1 saturated heterocycles. The molecule has 0 aromatic heterocycles. The van der Waals surface area contributed by atoms with Crippen molar-refractivity contribution in [3.8, 4) is 0 Å². The summed E-state index contributed by atoms with van der Waals surface area (Å²) < 4.78 is 83.0. The predicted molar refractivity (Wildman–Crippen MR) is 54.9 cm³/mol. The van der Waals surface area contributed by atoms with Crippen molar-refractivity contribution >= 4 is 11.6 Å². The van der Waals surface area contributed by atoms with Crippen LogP contribution in [-0.4, -0.2) is 42.0 Å². The molecule has 0 radical (unpaired) electrons. The molecule has 2 bridgehead atoms. The minimum absolute atomic E-state index is 0.213. The Morgan fingerprint density at radius 3 is 2.05 bits per heavy atom. The van der Waals surface area contributed by atoms with Crippen molar-refractivity contribution in [1.29, 1.82) is 0 Å². The number of piperidine rings is 1. The SMILES string of the molecule is CCO[C@@H]1C[C@@H]2C(Cl)[C@H]1NC2(C(F)(F)F)C(F)(F)F. The fourth-order valence-electron chi connectivity index (χ4n) is 3.07. The van der Waals surface area contributed by atoms with E-state index >= 15 is 0 Å². The highest BCUT2D eigenvalue weighted by Crippen LogP contribution is 2.58. The van der Waals surface area contributed by atoms with Gasteiger partial charge in [-0.15, -0.1) is 11.6 Å². The van der Waals surface area contributed by atoms with Crippen LogP contribution in [0.2, 0.25) is 0 Å². The highest BCUT2D eigenvalue weighted by Gasteiger charge is 2.81. The number of rotatable bonds is 2. The summed E-state index contributed by atoms with van der Waals surface area (Å²) >= 11 is 5.76. The summed E-state index contributed by atoms with van der Waals surface area (Å²) in [5, 5.41) is 0.411. The molecule has 2 aliphatic rings. The van der Waals surface area contributed by atoms with Gasteiger partial charge in [0.1, 0.15) is 0 Å². The van der Waals surface area contributed by atoms with E-state index in [1.54, 1.807) is 12.2 Å². The van der Waals surface area contributed by atoms with Crippen molar-refractivity contribution in [2.75, 3.05) is 6.61 Å². The number of halogens is 7. The highest BCUT2D eigenvalue weighted by molar-refractivity contribution is 6.22. The van der Waals surface area contributed by atoms with Crippen LogP contribution in [0.3, 0.4) is 0 Å². The summed E-state index contributed by atoms with van der Waals surface area (Å²) in [6.45, 7) is 1.83. The Morgan fingerprint density at radius 1 is 1.21 bits per heavy atom. The van der Waals surface area contributed by atoms with Crippen LogP contribution in [0.15, 0.2) is 0 Å². The number of nitrogens with one attached hydrogen (secondary N) is 1. The third kappa shape index (κ3) is 1.94. The normalized spacial score (nSPS) is 37.9. The first-order valence-corrected chi connectivity index (χ1v) is 6.16. The Kier molecular flexibility index (Phi) is 3.51. The molecule has 1 saturated carbocycles. The molecular weight excluding hydrogens is 300 g/mol. The van der Waals surface area contributed by atoms with Gasteiger partial charge in [0.05, 0.1) is 17.5 Å². The maximum Gasteiger partial charge on any atom is 0.415 e. The van der Waals surface area contributed by atoms with E-state index in [4.69, 9.17) is 16.3 Å². The molecule has 1 N–H and O–H groups in total. The summed E-state index contributed by atoms with van der Waals surface area (Å²) in [5.41, 5.74) is -3.93. The minimum Gasteiger partial charge on any atom is -0.377 e. The van der Waals surface area contributed by atoms with Gasteiger partial charge in [-0.2, -0.15) is 26.3 Å². The minimum atomic E-state index is -5.45. The smallest absolute Gasteiger partial charge is 0.377 e. The first-order chi connectivity index (χ1) is 8.56. The van der Waals surface area contributed by atoms with Gasteiger partial charge in [-0.3, -0.25) is 5.32 Å². The van der Waals surface area contributed by atoms with E-state index in [9.17, 15) is 26.3 Å². The molecule has 0 amide bonds. The summed E-state index contributed by atoms with van der Waals surface area (Å²) in [7, 11) is 0. The molecule has 9 heteroatoms. The van der Waals surface area contributed by atoms with Gasteiger partial charge in [-0.05, 0) is 13.3 Å². The van der Waals surface area contributed by atoms with E-state index in [2.05, 4.69) is 0 Å². The summed E-state index contributed by atoms with van der Waals surface area (Å²) in [5.74, 6) is -1.77. The zero-order chi connectivity index (χ0) is 14.6. The van der Waals surface area contributed by atoms with E-state index < -0.39 is 41.3 Å². The van der Waals surface area contributed by atoms with Gasteiger partial charge >= 0.3 is 12.4 Å². The van der Waals surface area contributed by atoms with Crippen LogP contribution in [0, 0.1) is 5.92 Å². The van der Waals surface area contributed by atoms with Crippen molar-refractivity contribution in [2.24, 2.45) is 5.92 Å². The molecular formula is C10H12ClF6NO. The molecule has 0 aromatic carbocycles. The second-order valence-electron chi connectivity index (χ2n) is 4.75. The Labute approximate surface area is 110 Å². The lowest BCUT2D eigenvalue weighted by Gasteiger charge is -2.42. The van der Waals surface area contributed by atoms with Gasteiger partial charge in [0.2, 0.25) is 5.54 Å². The van der Waals surface area contributed by atoms with Crippen molar-refractivity contribution in [3.63, 3.8) is 0 Å². The number of alkyl halides is 7. The summed E-state index contributed by atoms with van der Waals surface area (Å²) in [4.78, 5) is 0. The second-order valence-corrected chi connectivity index (χ2v) is 5.26. The molecule has 0 spiro atoms. The lowest BCUT2D eigenvalue weighted by Crippen LogP contribution is -2.70. The molecule has 2 rings (SSSR count). The molecule has 2 fully saturated rings. The van der Waals surface area contributed by atoms with E-state index in [1.165, 1.54) is 0 Å². The number of fused-ring (bicyclic) bond motifs is 2. The zero-order valence-corrected chi connectivity index (χ0v) is 10.5. The van der Waals surface area contributed by atoms with E-state index in [0.29, 0.717) is 0 Å². The topological polar surface area (TPSA) is 21.3 Å². The maximum atomic E-state index is 13.0. The lowest BCUT2D eigenvalue weighted by molar-refractivity contribution is -0.321. The summed E-state index contributed by atoms with van der Waals surface area (Å²) in [6.07, 6.45) is -12.0. The third-order valence-corrected chi connectivity index (χ3v) is 4.42. The molecule has 4 atom stereocenters. The van der Waals surface area contributed by atoms with Crippen LogP contribution >= 0.6 is 11.6 Å². The van der Waals surface area contributed by atoms with Gasteiger partial charge in [0, 0.05) is 12.5 Å². The fraction of sp³-hybridized carbons (Fsp3) is 1.00.